The van der Waals surface area contributed by atoms with E-state index in [9.17, 15) is 9.90 Å². The monoisotopic (exact) mass is 249 g/mol. The molecule has 0 radical (unpaired) electrons. The first-order chi connectivity index (χ1) is 8.66. The molecule has 1 aromatic rings. The summed E-state index contributed by atoms with van der Waals surface area (Å²) in [5.74, 6) is 0.145. The summed E-state index contributed by atoms with van der Waals surface area (Å²) in [6.07, 6.45) is 2.55. The van der Waals surface area contributed by atoms with Crippen LogP contribution < -0.4 is 10.1 Å². The van der Waals surface area contributed by atoms with Crippen LogP contribution >= 0.6 is 0 Å². The summed E-state index contributed by atoms with van der Waals surface area (Å²) in [4.78, 5) is 11.2. The highest BCUT2D eigenvalue weighted by Crippen LogP contribution is 2.41. The fourth-order valence-corrected chi connectivity index (χ4v) is 2.18. The average Bonchev–Trinajstić information content (AvgIpc) is 2.30. The Morgan fingerprint density at radius 2 is 2.06 bits per heavy atom. The van der Waals surface area contributed by atoms with Gasteiger partial charge in [-0.05, 0) is 44.0 Å². The predicted molar refractivity (Wildman–Crippen MR) is 70.0 cm³/mol. The Hall–Kier alpha value is -1.71. The molecule has 0 aliphatic heterocycles. The van der Waals surface area contributed by atoms with E-state index >= 15 is 0 Å². The van der Waals surface area contributed by atoms with Gasteiger partial charge in [0.2, 0.25) is 0 Å². The zero-order valence-corrected chi connectivity index (χ0v) is 10.6. The van der Waals surface area contributed by atoms with Crippen LogP contribution in [-0.4, -0.2) is 24.2 Å². The van der Waals surface area contributed by atoms with Crippen molar-refractivity contribution in [3.05, 3.63) is 24.3 Å². The van der Waals surface area contributed by atoms with Crippen LogP contribution in [0.2, 0.25) is 0 Å². The Kier molecular flexibility index (Phi) is 3.75. The van der Waals surface area contributed by atoms with Crippen molar-refractivity contribution < 1.29 is 14.6 Å². The van der Waals surface area contributed by atoms with E-state index in [1.807, 2.05) is 31.2 Å². The van der Waals surface area contributed by atoms with Crippen LogP contribution in [0.4, 0.5) is 5.69 Å². The van der Waals surface area contributed by atoms with Crippen LogP contribution in [0.15, 0.2) is 24.3 Å². The van der Waals surface area contributed by atoms with Gasteiger partial charge >= 0.3 is 5.97 Å². The van der Waals surface area contributed by atoms with E-state index in [1.165, 1.54) is 0 Å². The molecular weight excluding hydrogens is 230 g/mol. The summed E-state index contributed by atoms with van der Waals surface area (Å²) in [7, 11) is 0. The molecule has 4 heteroatoms. The van der Waals surface area contributed by atoms with Crippen LogP contribution in [0.3, 0.4) is 0 Å². The third-order valence-electron chi connectivity index (χ3n) is 3.56. The predicted octanol–water partition coefficient (Wildman–Crippen LogP) is 2.75. The van der Waals surface area contributed by atoms with Gasteiger partial charge in [-0.3, -0.25) is 4.79 Å². The van der Waals surface area contributed by atoms with Crippen LogP contribution in [0.25, 0.3) is 0 Å². The second-order valence-corrected chi connectivity index (χ2v) is 4.75. The topological polar surface area (TPSA) is 58.6 Å². The Morgan fingerprint density at radius 1 is 1.39 bits per heavy atom. The van der Waals surface area contributed by atoms with Crippen LogP contribution in [0.1, 0.15) is 26.2 Å². The van der Waals surface area contributed by atoms with Crippen molar-refractivity contribution in [3.8, 4) is 5.75 Å². The van der Waals surface area contributed by atoms with E-state index in [4.69, 9.17) is 4.74 Å². The summed E-state index contributed by atoms with van der Waals surface area (Å²) in [5.41, 5.74) is 0.379. The summed E-state index contributed by atoms with van der Waals surface area (Å²) in [6.45, 7) is 3.09. The summed E-state index contributed by atoms with van der Waals surface area (Å²) < 4.78 is 5.35. The van der Waals surface area contributed by atoms with Gasteiger partial charge in [-0.15, -0.1) is 0 Å². The number of rotatable bonds is 6. The van der Waals surface area contributed by atoms with E-state index in [0.717, 1.165) is 30.7 Å². The fourth-order valence-electron chi connectivity index (χ4n) is 2.18. The van der Waals surface area contributed by atoms with Gasteiger partial charge in [-0.25, -0.2) is 0 Å². The van der Waals surface area contributed by atoms with E-state index in [2.05, 4.69) is 5.32 Å². The Morgan fingerprint density at radius 3 is 2.50 bits per heavy atom. The second kappa shape index (κ2) is 5.29. The molecule has 4 nitrogen and oxygen atoms in total. The molecule has 0 aromatic heterocycles. The fraction of sp³-hybridized carbons (Fsp3) is 0.500. The summed E-state index contributed by atoms with van der Waals surface area (Å²) in [6, 6.07) is 7.61. The number of carboxylic acid groups (broad SMARTS) is 1. The SMILES string of the molecule is CCOc1ccc(NCC2(C(=O)O)CCC2)cc1. The normalized spacial score (nSPS) is 16.7. The standard InChI is InChI=1S/C14H19NO3/c1-2-18-12-6-4-11(5-7-12)15-10-14(13(16)17)8-3-9-14/h4-7,15H,2-3,8-10H2,1H3,(H,16,17). The van der Waals surface area contributed by atoms with Gasteiger partial charge in [-0.1, -0.05) is 6.42 Å². The largest absolute Gasteiger partial charge is 0.494 e. The zero-order valence-electron chi connectivity index (χ0n) is 10.6. The number of benzene rings is 1. The molecule has 0 heterocycles. The molecule has 0 amide bonds. The lowest BCUT2D eigenvalue weighted by atomic mass is 9.69. The number of carbonyl (C=O) groups is 1. The maximum absolute atomic E-state index is 11.2. The number of aliphatic carboxylic acids is 1. The minimum absolute atomic E-state index is 0.496. The Labute approximate surface area is 107 Å². The van der Waals surface area contributed by atoms with Gasteiger partial charge < -0.3 is 15.2 Å². The summed E-state index contributed by atoms with van der Waals surface area (Å²) >= 11 is 0. The Balaban J connectivity index is 1.91. The molecule has 0 bridgehead atoms. The molecule has 0 saturated heterocycles. The van der Waals surface area contributed by atoms with Crippen molar-refractivity contribution in [1.29, 1.82) is 0 Å². The smallest absolute Gasteiger partial charge is 0.311 e. The first-order valence-electron chi connectivity index (χ1n) is 6.36. The molecule has 2 N–H and O–H groups in total. The molecule has 1 aromatic carbocycles. The summed E-state index contributed by atoms with van der Waals surface area (Å²) in [5, 5.41) is 12.4. The second-order valence-electron chi connectivity index (χ2n) is 4.75. The van der Waals surface area contributed by atoms with Gasteiger partial charge in [0.05, 0.1) is 12.0 Å². The number of anilines is 1. The lowest BCUT2D eigenvalue weighted by Crippen LogP contribution is -2.43. The van der Waals surface area contributed by atoms with Crippen molar-refractivity contribution in [2.75, 3.05) is 18.5 Å². The lowest BCUT2D eigenvalue weighted by Gasteiger charge is -2.37. The molecule has 0 unspecified atom stereocenters. The number of nitrogens with one attached hydrogen (secondary N) is 1. The van der Waals surface area contributed by atoms with Gasteiger partial charge in [0.1, 0.15) is 5.75 Å². The minimum Gasteiger partial charge on any atom is -0.494 e. The third kappa shape index (κ3) is 2.58. The molecule has 98 valence electrons. The maximum Gasteiger partial charge on any atom is 0.311 e. The van der Waals surface area contributed by atoms with Crippen molar-refractivity contribution in [2.24, 2.45) is 5.41 Å². The molecule has 18 heavy (non-hydrogen) atoms. The molecular formula is C14H19NO3. The highest BCUT2D eigenvalue weighted by Gasteiger charge is 2.44. The van der Waals surface area contributed by atoms with E-state index in [0.29, 0.717) is 13.2 Å². The number of ether oxygens (including phenoxy) is 1. The van der Waals surface area contributed by atoms with Crippen LogP contribution in [-0.2, 0) is 4.79 Å². The molecule has 2 rings (SSSR count). The molecule has 1 saturated carbocycles. The quantitative estimate of drug-likeness (QED) is 0.814. The van der Waals surface area contributed by atoms with Crippen LogP contribution in [0.5, 0.6) is 5.75 Å². The van der Waals surface area contributed by atoms with Crippen molar-refractivity contribution in [1.82, 2.24) is 0 Å². The first kappa shape index (κ1) is 12.7. The van der Waals surface area contributed by atoms with Gasteiger partial charge in [-0.2, -0.15) is 0 Å². The maximum atomic E-state index is 11.2. The lowest BCUT2D eigenvalue weighted by molar-refractivity contribution is -0.153. The highest BCUT2D eigenvalue weighted by molar-refractivity contribution is 5.76. The molecule has 1 aliphatic carbocycles. The van der Waals surface area contributed by atoms with E-state index in [-0.39, 0.29) is 0 Å². The highest BCUT2D eigenvalue weighted by atomic mass is 16.5. The van der Waals surface area contributed by atoms with Gasteiger partial charge in [0, 0.05) is 12.2 Å². The minimum atomic E-state index is -0.688. The van der Waals surface area contributed by atoms with Crippen molar-refractivity contribution in [3.63, 3.8) is 0 Å². The number of hydrogen-bond acceptors (Lipinski definition) is 3. The molecule has 1 fully saturated rings. The third-order valence-corrected chi connectivity index (χ3v) is 3.56. The molecule has 1 aliphatic rings. The van der Waals surface area contributed by atoms with Crippen molar-refractivity contribution in [2.45, 2.75) is 26.2 Å². The van der Waals surface area contributed by atoms with Crippen molar-refractivity contribution >= 4 is 11.7 Å². The zero-order chi connectivity index (χ0) is 13.0. The van der Waals surface area contributed by atoms with Gasteiger partial charge in [0.15, 0.2) is 0 Å². The van der Waals surface area contributed by atoms with Gasteiger partial charge in [0.25, 0.3) is 0 Å². The average molecular weight is 249 g/mol. The van der Waals surface area contributed by atoms with E-state index < -0.39 is 11.4 Å². The molecule has 0 atom stereocenters. The number of hydrogen-bond donors (Lipinski definition) is 2. The Bertz CT molecular complexity index is 410. The first-order valence-corrected chi connectivity index (χ1v) is 6.36. The van der Waals surface area contributed by atoms with Crippen LogP contribution in [0, 0.1) is 5.41 Å². The van der Waals surface area contributed by atoms with E-state index in [1.54, 1.807) is 0 Å². The number of carboxylic acids is 1. The molecule has 0 spiro atoms.